The maximum absolute atomic E-state index is 11.0. The van der Waals surface area contributed by atoms with Crippen LogP contribution in [0.15, 0.2) is 42.6 Å². The predicted molar refractivity (Wildman–Crippen MR) is 94.6 cm³/mol. The van der Waals surface area contributed by atoms with Crippen LogP contribution in [0.5, 0.6) is 17.4 Å². The lowest BCUT2D eigenvalue weighted by Crippen LogP contribution is -2.28. The summed E-state index contributed by atoms with van der Waals surface area (Å²) in [5.74, 6) is 1.38. The molecule has 0 fully saturated rings. The Hall–Kier alpha value is -2.53. The summed E-state index contributed by atoms with van der Waals surface area (Å²) in [6.07, 6.45) is 5.45. The third-order valence-corrected chi connectivity index (χ3v) is 3.50. The number of halogens is 1. The van der Waals surface area contributed by atoms with Gasteiger partial charge >= 0.3 is 0 Å². The molecule has 1 heterocycles. The number of amides is 1. The standard InChI is InChI=1S/C18H19ClN2O3/c1-12(21-13(2)22)7-8-14-9-10-17(20-11-14)24-16-6-4-5-15(23-3)18(16)19/h4-12H,1-3H3,(H,21,22)/t12-/m0/s1. The third-order valence-electron chi connectivity index (χ3n) is 3.13. The summed E-state index contributed by atoms with van der Waals surface area (Å²) in [4.78, 5) is 15.2. The number of nitrogens with one attached hydrogen (secondary N) is 1. The average Bonchev–Trinajstić information content (AvgIpc) is 2.55. The molecule has 1 N–H and O–H groups in total. The first-order chi connectivity index (χ1) is 11.5. The second kappa shape index (κ2) is 8.36. The van der Waals surface area contributed by atoms with Crippen molar-refractivity contribution in [1.82, 2.24) is 10.3 Å². The van der Waals surface area contributed by atoms with Crippen LogP contribution in [0, 0.1) is 0 Å². The van der Waals surface area contributed by atoms with E-state index < -0.39 is 0 Å². The van der Waals surface area contributed by atoms with E-state index >= 15 is 0 Å². The van der Waals surface area contributed by atoms with Crippen LogP contribution in [0.25, 0.3) is 6.08 Å². The van der Waals surface area contributed by atoms with Gasteiger partial charge in [0, 0.05) is 25.2 Å². The van der Waals surface area contributed by atoms with Gasteiger partial charge in [0.05, 0.1) is 7.11 Å². The van der Waals surface area contributed by atoms with Gasteiger partial charge in [0.1, 0.15) is 10.8 Å². The number of benzene rings is 1. The molecular weight excluding hydrogens is 328 g/mol. The molecular formula is C18H19ClN2O3. The van der Waals surface area contributed by atoms with Gasteiger partial charge in [-0.1, -0.05) is 29.8 Å². The summed E-state index contributed by atoms with van der Waals surface area (Å²) in [6, 6.07) is 8.86. The second-order valence-electron chi connectivity index (χ2n) is 5.15. The number of rotatable bonds is 6. The lowest BCUT2D eigenvalue weighted by Gasteiger charge is -2.09. The molecule has 0 saturated carbocycles. The Morgan fingerprint density at radius 2 is 2.04 bits per heavy atom. The SMILES string of the molecule is COc1cccc(Oc2ccc(C=C[C@H](C)NC(C)=O)cn2)c1Cl. The third kappa shape index (κ3) is 4.99. The molecule has 5 nitrogen and oxygen atoms in total. The molecule has 1 atom stereocenters. The molecule has 0 aliphatic rings. The zero-order valence-electron chi connectivity index (χ0n) is 13.7. The van der Waals surface area contributed by atoms with E-state index in [0.717, 1.165) is 5.56 Å². The van der Waals surface area contributed by atoms with Crippen molar-refractivity contribution in [3.63, 3.8) is 0 Å². The number of carbonyl (C=O) groups is 1. The van der Waals surface area contributed by atoms with Gasteiger partial charge in [0.2, 0.25) is 11.8 Å². The first-order valence-corrected chi connectivity index (χ1v) is 7.79. The lowest BCUT2D eigenvalue weighted by molar-refractivity contribution is -0.119. The van der Waals surface area contributed by atoms with Crippen molar-refractivity contribution in [3.8, 4) is 17.4 Å². The van der Waals surface area contributed by atoms with Gasteiger partial charge in [-0.25, -0.2) is 4.98 Å². The number of carbonyl (C=O) groups excluding carboxylic acids is 1. The van der Waals surface area contributed by atoms with Crippen LogP contribution in [0.3, 0.4) is 0 Å². The Kier molecular flexibility index (Phi) is 6.21. The number of nitrogens with zero attached hydrogens (tertiary/aromatic N) is 1. The van der Waals surface area contributed by atoms with Gasteiger partial charge in [-0.2, -0.15) is 0 Å². The van der Waals surface area contributed by atoms with E-state index in [4.69, 9.17) is 21.1 Å². The van der Waals surface area contributed by atoms with Gasteiger partial charge in [-0.05, 0) is 30.7 Å². The molecule has 0 unspecified atom stereocenters. The van der Waals surface area contributed by atoms with E-state index in [1.807, 2.05) is 25.1 Å². The quantitative estimate of drug-likeness (QED) is 0.856. The minimum atomic E-state index is -0.0656. The van der Waals surface area contributed by atoms with Crippen LogP contribution < -0.4 is 14.8 Å². The number of hydrogen-bond acceptors (Lipinski definition) is 4. The molecule has 0 saturated heterocycles. The van der Waals surface area contributed by atoms with Crippen molar-refractivity contribution in [2.75, 3.05) is 7.11 Å². The maximum atomic E-state index is 11.0. The summed E-state index contributed by atoms with van der Waals surface area (Å²) >= 11 is 6.19. The molecule has 0 aliphatic heterocycles. The highest BCUT2D eigenvalue weighted by Gasteiger charge is 2.09. The zero-order valence-corrected chi connectivity index (χ0v) is 14.5. The summed E-state index contributed by atoms with van der Waals surface area (Å²) < 4.78 is 10.8. The maximum Gasteiger partial charge on any atom is 0.219 e. The highest BCUT2D eigenvalue weighted by molar-refractivity contribution is 6.33. The van der Waals surface area contributed by atoms with E-state index in [0.29, 0.717) is 22.4 Å². The van der Waals surface area contributed by atoms with Crippen molar-refractivity contribution in [3.05, 3.63) is 53.2 Å². The summed E-state index contributed by atoms with van der Waals surface area (Å²) in [7, 11) is 1.55. The second-order valence-corrected chi connectivity index (χ2v) is 5.53. The van der Waals surface area contributed by atoms with Gasteiger partial charge in [-0.3, -0.25) is 4.79 Å². The molecule has 24 heavy (non-hydrogen) atoms. The molecule has 2 rings (SSSR count). The molecule has 0 radical (unpaired) electrons. The summed E-state index contributed by atoms with van der Waals surface area (Å²) in [5, 5.41) is 3.17. The van der Waals surface area contributed by atoms with E-state index in [-0.39, 0.29) is 11.9 Å². The van der Waals surface area contributed by atoms with Crippen LogP contribution in [0.2, 0.25) is 5.02 Å². The number of hydrogen-bond donors (Lipinski definition) is 1. The average molecular weight is 347 g/mol. The highest BCUT2D eigenvalue weighted by atomic mass is 35.5. The van der Waals surface area contributed by atoms with Gasteiger partial charge < -0.3 is 14.8 Å². The van der Waals surface area contributed by atoms with Crippen molar-refractivity contribution < 1.29 is 14.3 Å². The Balaban J connectivity index is 2.05. The Labute approximate surface area is 146 Å². The first kappa shape index (κ1) is 17.8. The molecule has 1 aromatic heterocycles. The predicted octanol–water partition coefficient (Wildman–Crippen LogP) is 4.07. The van der Waals surface area contributed by atoms with Crippen LogP contribution in [-0.2, 0) is 4.79 Å². The fourth-order valence-electron chi connectivity index (χ4n) is 2.01. The molecule has 6 heteroatoms. The minimum Gasteiger partial charge on any atom is -0.495 e. The number of pyridine rings is 1. The smallest absolute Gasteiger partial charge is 0.219 e. The lowest BCUT2D eigenvalue weighted by atomic mass is 10.2. The molecule has 1 aromatic carbocycles. The number of methoxy groups -OCH3 is 1. The minimum absolute atomic E-state index is 0.0472. The van der Waals surface area contributed by atoms with E-state index in [2.05, 4.69) is 10.3 Å². The van der Waals surface area contributed by atoms with Crippen LogP contribution in [0.4, 0.5) is 0 Å². The number of ether oxygens (including phenoxy) is 2. The molecule has 0 bridgehead atoms. The largest absolute Gasteiger partial charge is 0.495 e. The van der Waals surface area contributed by atoms with Crippen molar-refractivity contribution in [1.29, 1.82) is 0 Å². The van der Waals surface area contributed by atoms with Crippen LogP contribution in [-0.4, -0.2) is 24.0 Å². The molecule has 126 valence electrons. The first-order valence-electron chi connectivity index (χ1n) is 7.41. The topological polar surface area (TPSA) is 60.5 Å². The monoisotopic (exact) mass is 346 g/mol. The number of aromatic nitrogens is 1. The Bertz CT molecular complexity index is 730. The highest BCUT2D eigenvalue weighted by Crippen LogP contribution is 2.35. The molecule has 0 spiro atoms. The van der Waals surface area contributed by atoms with Gasteiger partial charge in [-0.15, -0.1) is 0 Å². The van der Waals surface area contributed by atoms with Crippen LogP contribution in [0.1, 0.15) is 19.4 Å². The van der Waals surface area contributed by atoms with Crippen LogP contribution >= 0.6 is 11.6 Å². The Morgan fingerprint density at radius 1 is 1.29 bits per heavy atom. The zero-order chi connectivity index (χ0) is 17.5. The van der Waals surface area contributed by atoms with Gasteiger partial charge in [0.25, 0.3) is 0 Å². The normalized spacial score (nSPS) is 12.0. The van der Waals surface area contributed by atoms with Crippen molar-refractivity contribution in [2.24, 2.45) is 0 Å². The fraction of sp³-hybridized carbons (Fsp3) is 0.222. The van der Waals surface area contributed by atoms with E-state index in [1.54, 1.807) is 37.6 Å². The van der Waals surface area contributed by atoms with Gasteiger partial charge in [0.15, 0.2) is 5.75 Å². The summed E-state index contributed by atoms with van der Waals surface area (Å²) in [6.45, 7) is 3.38. The molecule has 0 aliphatic carbocycles. The van der Waals surface area contributed by atoms with Crippen molar-refractivity contribution >= 4 is 23.6 Å². The Morgan fingerprint density at radius 3 is 2.67 bits per heavy atom. The van der Waals surface area contributed by atoms with E-state index in [1.165, 1.54) is 6.92 Å². The molecule has 1 amide bonds. The molecule has 2 aromatic rings. The van der Waals surface area contributed by atoms with Crippen molar-refractivity contribution in [2.45, 2.75) is 19.9 Å². The summed E-state index contributed by atoms with van der Waals surface area (Å²) in [5.41, 5.74) is 0.899. The fourth-order valence-corrected chi connectivity index (χ4v) is 2.26. The van der Waals surface area contributed by atoms with E-state index in [9.17, 15) is 4.79 Å².